The smallest absolute Gasteiger partial charge is 0.322 e. The first kappa shape index (κ1) is 17.2. The zero-order valence-corrected chi connectivity index (χ0v) is 13.9. The number of anilines is 1. The second kappa shape index (κ2) is 6.70. The highest BCUT2D eigenvalue weighted by Gasteiger charge is 2.54. The fourth-order valence-corrected chi connectivity index (χ4v) is 3.63. The molecule has 1 spiro atoms. The van der Waals surface area contributed by atoms with Crippen molar-refractivity contribution in [1.82, 2.24) is 16.0 Å². The second-order valence-corrected chi connectivity index (χ2v) is 6.46. The van der Waals surface area contributed by atoms with Gasteiger partial charge in [0.15, 0.2) is 0 Å². The number of hydrogen-bond acceptors (Lipinski definition) is 3. The Morgan fingerprint density at radius 1 is 1.40 bits per heavy atom. The number of aryl methyl sites for hydroxylation is 1. The van der Waals surface area contributed by atoms with Crippen molar-refractivity contribution in [2.45, 2.75) is 38.1 Å². The largest absolute Gasteiger partial charge is 0.337 e. The Labute approximate surface area is 144 Å². The van der Waals surface area contributed by atoms with Gasteiger partial charge in [-0.25, -0.2) is 14.0 Å². The second-order valence-electron chi connectivity index (χ2n) is 6.46. The van der Waals surface area contributed by atoms with E-state index in [1.54, 1.807) is 12.1 Å². The normalized spacial score (nSPS) is 25.0. The predicted molar refractivity (Wildman–Crippen MR) is 89.5 cm³/mol. The quantitative estimate of drug-likeness (QED) is 0.625. The van der Waals surface area contributed by atoms with Gasteiger partial charge < -0.3 is 16.0 Å². The molecular weight excluding hydrogens is 327 g/mol. The zero-order chi connectivity index (χ0) is 18.0. The van der Waals surface area contributed by atoms with Crippen LogP contribution in [0.3, 0.4) is 0 Å². The Bertz CT molecular complexity index is 724. The van der Waals surface area contributed by atoms with Gasteiger partial charge in [-0.2, -0.15) is 0 Å². The summed E-state index contributed by atoms with van der Waals surface area (Å²) in [6.07, 6.45) is 2.66. The summed E-state index contributed by atoms with van der Waals surface area (Å²) in [5, 5.41) is 10.2. The fraction of sp³-hybridized carbons (Fsp3) is 0.471. The van der Waals surface area contributed by atoms with Crippen LogP contribution in [0.15, 0.2) is 18.2 Å². The maximum absolute atomic E-state index is 13.8. The molecule has 1 aromatic carbocycles. The average Bonchev–Trinajstić information content (AvgIpc) is 3.09. The molecule has 0 aromatic heterocycles. The standard InChI is InChI=1S/C17H21FN4O3/c1-2-10-5-6-12(8-13(10)18)20-15(24)19-9-11-4-3-7-17(11)14(23)21-16(25)22-17/h5-6,8,11H,2-4,7,9H2,1H3,(H2,19,20,24)(H2,21,22,23,25)/t11-,17-/m1/s1. The fourth-order valence-electron chi connectivity index (χ4n) is 3.63. The van der Waals surface area contributed by atoms with Crippen LogP contribution in [0.5, 0.6) is 0 Å². The van der Waals surface area contributed by atoms with E-state index in [0.717, 1.165) is 12.8 Å². The third-order valence-electron chi connectivity index (χ3n) is 4.99. The van der Waals surface area contributed by atoms with Gasteiger partial charge in [0.05, 0.1) is 0 Å². The lowest BCUT2D eigenvalue weighted by molar-refractivity contribution is -0.125. The minimum absolute atomic E-state index is 0.177. The van der Waals surface area contributed by atoms with Crippen molar-refractivity contribution >= 4 is 23.7 Å². The van der Waals surface area contributed by atoms with Crippen LogP contribution in [-0.4, -0.2) is 30.1 Å². The third-order valence-corrected chi connectivity index (χ3v) is 4.99. The molecule has 1 heterocycles. The lowest BCUT2D eigenvalue weighted by Gasteiger charge is -2.28. The Balaban J connectivity index is 1.58. The summed E-state index contributed by atoms with van der Waals surface area (Å²) in [6, 6.07) is 3.58. The molecule has 4 N–H and O–H groups in total. The summed E-state index contributed by atoms with van der Waals surface area (Å²) >= 11 is 0. The third kappa shape index (κ3) is 3.29. The molecule has 1 saturated heterocycles. The van der Waals surface area contributed by atoms with Crippen LogP contribution in [0.4, 0.5) is 19.7 Å². The minimum Gasteiger partial charge on any atom is -0.337 e. The highest BCUT2D eigenvalue weighted by molar-refractivity contribution is 6.07. The van der Waals surface area contributed by atoms with E-state index in [4.69, 9.17) is 0 Å². The molecule has 1 aromatic rings. The number of benzene rings is 1. The van der Waals surface area contributed by atoms with Crippen LogP contribution in [0.1, 0.15) is 31.7 Å². The molecule has 2 aliphatic rings. The molecular formula is C17H21FN4O3. The number of amides is 5. The van der Waals surface area contributed by atoms with Crippen molar-refractivity contribution in [3.05, 3.63) is 29.6 Å². The molecule has 3 rings (SSSR count). The van der Waals surface area contributed by atoms with Gasteiger partial charge in [0.1, 0.15) is 11.4 Å². The number of urea groups is 2. The summed E-state index contributed by atoms with van der Waals surface area (Å²) in [7, 11) is 0. The molecule has 1 saturated carbocycles. The molecule has 1 aliphatic heterocycles. The molecule has 25 heavy (non-hydrogen) atoms. The number of nitrogens with one attached hydrogen (secondary N) is 4. The number of carbonyl (C=O) groups is 3. The number of carbonyl (C=O) groups excluding carboxylic acids is 3. The lowest BCUT2D eigenvalue weighted by Crippen LogP contribution is -2.53. The van der Waals surface area contributed by atoms with E-state index in [-0.39, 0.29) is 24.2 Å². The van der Waals surface area contributed by atoms with Gasteiger partial charge in [-0.15, -0.1) is 0 Å². The Hall–Kier alpha value is -2.64. The maximum Gasteiger partial charge on any atom is 0.322 e. The molecule has 0 unspecified atom stereocenters. The van der Waals surface area contributed by atoms with E-state index >= 15 is 0 Å². The van der Waals surface area contributed by atoms with Crippen LogP contribution in [0.25, 0.3) is 0 Å². The first-order chi connectivity index (χ1) is 11.9. The topological polar surface area (TPSA) is 99.3 Å². The Kier molecular flexibility index (Phi) is 4.61. The summed E-state index contributed by atoms with van der Waals surface area (Å²) in [5.41, 5.74) is 0.0151. The van der Waals surface area contributed by atoms with Crippen molar-refractivity contribution < 1.29 is 18.8 Å². The van der Waals surface area contributed by atoms with E-state index in [0.29, 0.717) is 24.1 Å². The first-order valence-electron chi connectivity index (χ1n) is 8.41. The Morgan fingerprint density at radius 3 is 2.84 bits per heavy atom. The predicted octanol–water partition coefficient (Wildman–Crippen LogP) is 1.89. The van der Waals surface area contributed by atoms with Crippen molar-refractivity contribution in [3.63, 3.8) is 0 Å². The van der Waals surface area contributed by atoms with Gasteiger partial charge in [-0.1, -0.05) is 19.4 Å². The summed E-state index contributed by atoms with van der Waals surface area (Å²) in [5.74, 6) is -0.872. The summed E-state index contributed by atoms with van der Waals surface area (Å²) in [6.45, 7) is 2.10. The molecule has 2 atom stereocenters. The minimum atomic E-state index is -0.931. The van der Waals surface area contributed by atoms with Crippen molar-refractivity contribution in [2.75, 3.05) is 11.9 Å². The van der Waals surface area contributed by atoms with Crippen molar-refractivity contribution in [2.24, 2.45) is 5.92 Å². The molecule has 5 amide bonds. The van der Waals surface area contributed by atoms with Crippen LogP contribution < -0.4 is 21.3 Å². The SMILES string of the molecule is CCc1ccc(NC(=O)NC[C@H]2CCC[C@@]23NC(=O)NC3=O)cc1F. The number of rotatable bonds is 4. The summed E-state index contributed by atoms with van der Waals surface area (Å²) < 4.78 is 13.8. The maximum atomic E-state index is 13.8. The van der Waals surface area contributed by atoms with Gasteiger partial charge >= 0.3 is 12.1 Å². The van der Waals surface area contributed by atoms with Gasteiger partial charge in [-0.05, 0) is 37.0 Å². The highest BCUT2D eigenvalue weighted by Crippen LogP contribution is 2.37. The highest BCUT2D eigenvalue weighted by atomic mass is 19.1. The molecule has 7 nitrogen and oxygen atoms in total. The van der Waals surface area contributed by atoms with Crippen LogP contribution >= 0.6 is 0 Å². The van der Waals surface area contributed by atoms with Gasteiger partial charge in [0, 0.05) is 18.2 Å². The monoisotopic (exact) mass is 348 g/mol. The summed E-state index contributed by atoms with van der Waals surface area (Å²) in [4.78, 5) is 35.6. The molecule has 8 heteroatoms. The Morgan fingerprint density at radius 2 is 2.20 bits per heavy atom. The van der Waals surface area contributed by atoms with Gasteiger partial charge in [-0.3, -0.25) is 10.1 Å². The number of hydrogen-bond donors (Lipinski definition) is 4. The van der Waals surface area contributed by atoms with E-state index in [2.05, 4.69) is 21.3 Å². The molecule has 0 radical (unpaired) electrons. The average molecular weight is 348 g/mol. The molecule has 1 aliphatic carbocycles. The van der Waals surface area contributed by atoms with E-state index in [9.17, 15) is 18.8 Å². The van der Waals surface area contributed by atoms with Crippen LogP contribution in [0.2, 0.25) is 0 Å². The van der Waals surface area contributed by atoms with E-state index in [1.807, 2.05) is 6.92 Å². The van der Waals surface area contributed by atoms with E-state index < -0.39 is 17.6 Å². The van der Waals surface area contributed by atoms with Gasteiger partial charge in [0.2, 0.25) is 0 Å². The van der Waals surface area contributed by atoms with Crippen molar-refractivity contribution in [3.8, 4) is 0 Å². The van der Waals surface area contributed by atoms with Crippen LogP contribution in [0, 0.1) is 11.7 Å². The molecule has 134 valence electrons. The van der Waals surface area contributed by atoms with Crippen molar-refractivity contribution in [1.29, 1.82) is 0 Å². The molecule has 2 fully saturated rings. The van der Waals surface area contributed by atoms with E-state index in [1.165, 1.54) is 6.07 Å². The number of halogens is 1. The first-order valence-corrected chi connectivity index (χ1v) is 8.41. The van der Waals surface area contributed by atoms with Crippen LogP contribution in [-0.2, 0) is 11.2 Å². The number of imide groups is 1. The molecule has 0 bridgehead atoms. The van der Waals surface area contributed by atoms with Gasteiger partial charge in [0.25, 0.3) is 5.91 Å². The zero-order valence-electron chi connectivity index (χ0n) is 13.9. The lowest BCUT2D eigenvalue weighted by atomic mass is 9.87.